The number of hydrogen-bond acceptors (Lipinski definition) is 8. The summed E-state index contributed by atoms with van der Waals surface area (Å²) in [6, 6.07) is 7.87. The molecule has 3 aromatic rings. The van der Waals surface area contributed by atoms with Crippen LogP contribution in [0.4, 0.5) is 21.6 Å². The van der Waals surface area contributed by atoms with Crippen molar-refractivity contribution in [3.63, 3.8) is 0 Å². The highest BCUT2D eigenvalue weighted by atomic mass is 35.5. The van der Waals surface area contributed by atoms with Gasteiger partial charge in [-0.1, -0.05) is 17.7 Å². The highest BCUT2D eigenvalue weighted by Gasteiger charge is 2.19. The molecule has 39 heavy (non-hydrogen) atoms. The van der Waals surface area contributed by atoms with Crippen molar-refractivity contribution in [1.82, 2.24) is 14.9 Å². The van der Waals surface area contributed by atoms with Gasteiger partial charge in [-0.3, -0.25) is 9.69 Å². The number of hydrogen-bond donors (Lipinski definition) is 2. The first kappa shape index (κ1) is 27.3. The summed E-state index contributed by atoms with van der Waals surface area (Å²) in [5.74, 6) is 0.172. The van der Waals surface area contributed by atoms with Gasteiger partial charge in [0.1, 0.15) is 30.3 Å². The van der Waals surface area contributed by atoms with Gasteiger partial charge in [-0.2, -0.15) is 0 Å². The van der Waals surface area contributed by atoms with Crippen molar-refractivity contribution in [2.24, 2.45) is 0 Å². The van der Waals surface area contributed by atoms with Gasteiger partial charge in [-0.25, -0.2) is 14.4 Å². The van der Waals surface area contributed by atoms with Gasteiger partial charge in [0.05, 0.1) is 28.9 Å². The number of nitrogens with one attached hydrogen (secondary N) is 2. The van der Waals surface area contributed by atoms with E-state index in [0.717, 1.165) is 45.6 Å². The molecule has 3 heterocycles. The molecule has 0 aliphatic carbocycles. The van der Waals surface area contributed by atoms with E-state index in [1.165, 1.54) is 24.5 Å². The van der Waals surface area contributed by atoms with Crippen molar-refractivity contribution in [1.29, 1.82) is 0 Å². The van der Waals surface area contributed by atoms with Crippen LogP contribution in [0.2, 0.25) is 5.02 Å². The molecule has 1 atom stereocenters. The summed E-state index contributed by atoms with van der Waals surface area (Å²) in [7, 11) is 0. The van der Waals surface area contributed by atoms with Crippen LogP contribution in [0.15, 0.2) is 48.8 Å². The lowest BCUT2D eigenvalue weighted by Crippen LogP contribution is -2.26. The van der Waals surface area contributed by atoms with Crippen LogP contribution in [-0.4, -0.2) is 72.9 Å². The number of nitrogens with zero attached hydrogens (tertiary/aromatic N) is 3. The smallest absolute Gasteiger partial charge is 0.248 e. The lowest BCUT2D eigenvalue weighted by Gasteiger charge is -2.17. The molecule has 11 heteroatoms. The summed E-state index contributed by atoms with van der Waals surface area (Å²) in [6.45, 7) is 5.00. The normalized spacial score (nSPS) is 18.4. The van der Waals surface area contributed by atoms with Crippen LogP contribution in [-0.2, 0) is 14.3 Å². The molecule has 0 spiro atoms. The molecule has 1 aromatic heterocycles. The maximum absolute atomic E-state index is 13.6. The second-order valence-electron chi connectivity index (χ2n) is 9.45. The van der Waals surface area contributed by atoms with Crippen LogP contribution in [0, 0.1) is 5.82 Å². The van der Waals surface area contributed by atoms with E-state index in [-0.39, 0.29) is 17.0 Å². The lowest BCUT2D eigenvalue weighted by molar-refractivity contribution is -0.111. The summed E-state index contributed by atoms with van der Waals surface area (Å²) in [5.41, 5.74) is 1.65. The Balaban J connectivity index is 1.38. The second kappa shape index (κ2) is 13.2. The van der Waals surface area contributed by atoms with Gasteiger partial charge in [0.2, 0.25) is 5.91 Å². The molecule has 0 bridgehead atoms. The van der Waals surface area contributed by atoms with Gasteiger partial charge in [-0.15, -0.1) is 0 Å². The third-order valence-corrected chi connectivity index (χ3v) is 6.86. The summed E-state index contributed by atoms with van der Waals surface area (Å²) in [5, 5.41) is 6.75. The largest absolute Gasteiger partial charge is 0.489 e. The average molecular weight is 556 g/mol. The first-order chi connectivity index (χ1) is 19.0. The van der Waals surface area contributed by atoms with Crippen LogP contribution >= 0.6 is 11.6 Å². The fraction of sp³-hybridized carbons (Fsp3) is 0.393. The van der Waals surface area contributed by atoms with E-state index in [1.807, 2.05) is 6.08 Å². The van der Waals surface area contributed by atoms with Gasteiger partial charge in [-0.05, 0) is 43.5 Å². The van der Waals surface area contributed by atoms with Gasteiger partial charge >= 0.3 is 0 Å². The molecule has 1 amide bonds. The number of carbonyl (C=O) groups excluding carboxylic acids is 1. The maximum atomic E-state index is 13.6. The van der Waals surface area contributed by atoms with Gasteiger partial charge in [0.25, 0.3) is 0 Å². The number of anilines is 3. The molecule has 2 aliphatic rings. The van der Waals surface area contributed by atoms with E-state index in [1.54, 1.807) is 18.2 Å². The Labute approximate surface area is 231 Å². The Bertz CT molecular complexity index is 1330. The zero-order valence-corrected chi connectivity index (χ0v) is 22.3. The second-order valence-corrected chi connectivity index (χ2v) is 9.85. The first-order valence-corrected chi connectivity index (χ1v) is 13.5. The number of aromatic nitrogens is 2. The van der Waals surface area contributed by atoms with Crippen LogP contribution in [0.25, 0.3) is 10.9 Å². The van der Waals surface area contributed by atoms with Crippen molar-refractivity contribution in [2.45, 2.75) is 25.4 Å². The van der Waals surface area contributed by atoms with Gasteiger partial charge in [0, 0.05) is 56.1 Å². The van der Waals surface area contributed by atoms with E-state index in [2.05, 4.69) is 25.5 Å². The number of halogens is 2. The van der Waals surface area contributed by atoms with Crippen LogP contribution in [0.3, 0.4) is 0 Å². The number of carbonyl (C=O) groups is 1. The van der Waals surface area contributed by atoms with E-state index < -0.39 is 5.82 Å². The molecule has 206 valence electrons. The minimum Gasteiger partial charge on any atom is -0.489 e. The maximum Gasteiger partial charge on any atom is 0.248 e. The molecule has 2 aromatic carbocycles. The third kappa shape index (κ3) is 7.42. The number of rotatable bonds is 9. The fourth-order valence-electron chi connectivity index (χ4n) is 4.53. The number of fused-ring (bicyclic) bond motifs is 1. The van der Waals surface area contributed by atoms with E-state index in [0.29, 0.717) is 53.6 Å². The predicted octanol–water partition coefficient (Wildman–Crippen LogP) is 4.94. The summed E-state index contributed by atoms with van der Waals surface area (Å²) >= 11 is 5.95. The summed E-state index contributed by atoms with van der Waals surface area (Å²) in [6.07, 6.45) is 7.71. The fourth-order valence-corrected chi connectivity index (χ4v) is 4.71. The van der Waals surface area contributed by atoms with E-state index in [9.17, 15) is 9.18 Å². The molecule has 2 N–H and O–H groups in total. The zero-order chi connectivity index (χ0) is 27.0. The molecule has 0 radical (unpaired) electrons. The molecule has 2 fully saturated rings. The lowest BCUT2D eigenvalue weighted by atomic mass is 10.1. The predicted molar refractivity (Wildman–Crippen MR) is 148 cm³/mol. The summed E-state index contributed by atoms with van der Waals surface area (Å²) < 4.78 is 30.9. The molecule has 1 unspecified atom stereocenters. The standard InChI is InChI=1S/C28H31ClFN5O4/c29-22-14-19(6-7-23(22)30)33-28-21-15-25(34-27(36)5-1-8-35-9-3-11-37-13-10-35)26(16-24(21)31-18-32-28)39-17-20-4-2-12-38-20/h1,5-7,14-16,18,20H,2-4,8-13,17H2,(H,34,36)(H,31,32,33). The molecule has 5 rings (SSSR count). The van der Waals surface area contributed by atoms with E-state index in [4.69, 9.17) is 25.8 Å². The molecule has 0 saturated carbocycles. The van der Waals surface area contributed by atoms with Crippen molar-refractivity contribution in [3.05, 3.63) is 59.7 Å². The minimum absolute atomic E-state index is 0.00405. The van der Waals surface area contributed by atoms with Crippen molar-refractivity contribution >= 4 is 45.6 Å². The van der Waals surface area contributed by atoms with Crippen LogP contribution in [0.5, 0.6) is 5.75 Å². The molecular formula is C28H31ClFN5O4. The Hall–Kier alpha value is -3.31. The molecule has 2 aliphatic heterocycles. The quantitative estimate of drug-likeness (QED) is 0.358. The molecule has 2 saturated heterocycles. The number of ether oxygens (including phenoxy) is 3. The summed E-state index contributed by atoms with van der Waals surface area (Å²) in [4.78, 5) is 23.9. The van der Waals surface area contributed by atoms with Crippen LogP contribution < -0.4 is 15.4 Å². The van der Waals surface area contributed by atoms with Gasteiger partial charge in [0.15, 0.2) is 0 Å². The number of benzene rings is 2. The van der Waals surface area contributed by atoms with Crippen molar-refractivity contribution in [3.8, 4) is 5.75 Å². The highest BCUT2D eigenvalue weighted by molar-refractivity contribution is 6.31. The Morgan fingerprint density at radius 3 is 2.95 bits per heavy atom. The minimum atomic E-state index is -0.509. The third-order valence-electron chi connectivity index (χ3n) is 6.57. The SMILES string of the molecule is O=C(C=CCN1CCCOCC1)Nc1cc2c(Nc3ccc(F)c(Cl)c3)ncnc2cc1OCC1CCCO1. The Morgan fingerprint density at radius 2 is 2.10 bits per heavy atom. The van der Waals surface area contributed by atoms with E-state index >= 15 is 0 Å². The van der Waals surface area contributed by atoms with Crippen molar-refractivity contribution in [2.75, 3.05) is 56.7 Å². The average Bonchev–Trinajstić information content (AvgIpc) is 3.32. The van der Waals surface area contributed by atoms with Crippen molar-refractivity contribution < 1.29 is 23.4 Å². The number of amides is 1. The first-order valence-electron chi connectivity index (χ1n) is 13.1. The monoisotopic (exact) mass is 555 g/mol. The topological polar surface area (TPSA) is 97.8 Å². The molecular weight excluding hydrogens is 525 g/mol. The van der Waals surface area contributed by atoms with Gasteiger partial charge < -0.3 is 24.8 Å². The Kier molecular flexibility index (Phi) is 9.20. The highest BCUT2D eigenvalue weighted by Crippen LogP contribution is 2.34. The van der Waals surface area contributed by atoms with Crippen LogP contribution in [0.1, 0.15) is 19.3 Å². The Morgan fingerprint density at radius 1 is 1.18 bits per heavy atom. The zero-order valence-electron chi connectivity index (χ0n) is 21.5. The molecule has 9 nitrogen and oxygen atoms in total.